The monoisotopic (exact) mass is 386 g/mol. The van der Waals surface area contributed by atoms with E-state index in [0.29, 0.717) is 6.54 Å². The van der Waals surface area contributed by atoms with Crippen LogP contribution in [0.2, 0.25) is 0 Å². The van der Waals surface area contributed by atoms with Crippen LogP contribution in [0.5, 0.6) is 5.75 Å². The molecule has 144 valence electrons. The standard InChI is InChI=1S/C21H26N2O3S/c1-14-5-10-18-17(13-14)23(12-11-22(2)3)21(25)19(24)20(27-18)15-6-8-16(26-4)9-7-15/h5-10,13,19-20,24H,11-12H2,1-4H3/t19-,20+/m1/s1. The molecule has 0 bridgehead atoms. The fourth-order valence-electron chi connectivity index (χ4n) is 3.12. The van der Waals surface area contributed by atoms with Crippen molar-refractivity contribution in [1.82, 2.24) is 4.90 Å². The molecular formula is C21H26N2O3S. The highest BCUT2D eigenvalue weighted by Crippen LogP contribution is 2.46. The molecule has 2 aromatic carbocycles. The third-order valence-electron chi connectivity index (χ3n) is 4.68. The zero-order chi connectivity index (χ0) is 19.6. The number of fused-ring (bicyclic) bond motifs is 1. The number of benzene rings is 2. The number of thioether (sulfide) groups is 1. The molecule has 1 heterocycles. The molecule has 0 fully saturated rings. The van der Waals surface area contributed by atoms with Crippen LogP contribution in [0.15, 0.2) is 47.4 Å². The number of anilines is 1. The number of nitrogens with zero attached hydrogens (tertiary/aromatic N) is 2. The normalized spacial score (nSPS) is 19.8. The summed E-state index contributed by atoms with van der Waals surface area (Å²) >= 11 is 1.54. The van der Waals surface area contributed by atoms with Crippen LogP contribution >= 0.6 is 11.8 Å². The van der Waals surface area contributed by atoms with Gasteiger partial charge in [0.05, 0.1) is 18.0 Å². The van der Waals surface area contributed by atoms with Crippen molar-refractivity contribution in [2.24, 2.45) is 0 Å². The summed E-state index contributed by atoms with van der Waals surface area (Å²) in [6.07, 6.45) is -1.11. The fraction of sp³-hybridized carbons (Fsp3) is 0.381. The van der Waals surface area contributed by atoms with E-state index >= 15 is 0 Å². The minimum atomic E-state index is -1.11. The lowest BCUT2D eigenvalue weighted by atomic mass is 10.1. The number of aliphatic hydroxyl groups is 1. The molecule has 1 N–H and O–H groups in total. The zero-order valence-electron chi connectivity index (χ0n) is 16.2. The summed E-state index contributed by atoms with van der Waals surface area (Å²) in [5.41, 5.74) is 2.87. The third-order valence-corrected chi connectivity index (χ3v) is 6.06. The number of carbonyl (C=O) groups is 1. The van der Waals surface area contributed by atoms with Crippen LogP contribution in [0, 0.1) is 6.92 Å². The molecule has 1 aliphatic rings. The number of aryl methyl sites for hydroxylation is 1. The Morgan fingerprint density at radius 2 is 1.89 bits per heavy atom. The van der Waals surface area contributed by atoms with Crippen LogP contribution in [0.1, 0.15) is 16.4 Å². The summed E-state index contributed by atoms with van der Waals surface area (Å²) in [5, 5.41) is 10.6. The maximum Gasteiger partial charge on any atom is 0.257 e. The number of hydrogen-bond acceptors (Lipinski definition) is 5. The first kappa shape index (κ1) is 19.7. The van der Waals surface area contributed by atoms with Gasteiger partial charge in [-0.2, -0.15) is 0 Å². The minimum absolute atomic E-state index is 0.255. The molecule has 2 atom stereocenters. The Kier molecular flexibility index (Phi) is 6.09. The topological polar surface area (TPSA) is 53.0 Å². The maximum atomic E-state index is 13.2. The summed E-state index contributed by atoms with van der Waals surface area (Å²) in [7, 11) is 5.57. The number of amides is 1. The molecular weight excluding hydrogens is 360 g/mol. The van der Waals surface area contributed by atoms with Gasteiger partial charge in [0.2, 0.25) is 0 Å². The molecule has 0 aromatic heterocycles. The highest BCUT2D eigenvalue weighted by atomic mass is 32.2. The molecule has 0 radical (unpaired) electrons. The van der Waals surface area contributed by atoms with Gasteiger partial charge in [-0.15, -0.1) is 11.8 Å². The molecule has 0 unspecified atom stereocenters. The Labute approximate surface area is 164 Å². The van der Waals surface area contributed by atoms with Gasteiger partial charge >= 0.3 is 0 Å². The van der Waals surface area contributed by atoms with E-state index in [2.05, 4.69) is 0 Å². The summed E-state index contributed by atoms with van der Waals surface area (Å²) < 4.78 is 5.22. The summed E-state index contributed by atoms with van der Waals surface area (Å²) in [4.78, 5) is 17.9. The first-order valence-corrected chi connectivity index (χ1v) is 9.84. The number of ether oxygens (including phenoxy) is 1. The Hall–Kier alpha value is -2.02. The van der Waals surface area contributed by atoms with Crippen molar-refractivity contribution < 1.29 is 14.6 Å². The van der Waals surface area contributed by atoms with Crippen LogP contribution in [-0.2, 0) is 4.79 Å². The SMILES string of the molecule is COc1ccc([C@@H]2Sc3ccc(C)cc3N(CCN(C)C)C(=O)[C@@H]2O)cc1. The Bertz CT molecular complexity index is 808. The van der Waals surface area contributed by atoms with Gasteiger partial charge in [0.25, 0.3) is 5.91 Å². The minimum Gasteiger partial charge on any atom is -0.497 e. The van der Waals surface area contributed by atoms with Gasteiger partial charge in [0.1, 0.15) is 11.9 Å². The maximum absolute atomic E-state index is 13.2. The second kappa shape index (κ2) is 8.33. The molecule has 0 saturated heterocycles. The van der Waals surface area contributed by atoms with Crippen molar-refractivity contribution in [1.29, 1.82) is 0 Å². The average molecular weight is 387 g/mol. The van der Waals surface area contributed by atoms with E-state index in [1.807, 2.05) is 68.4 Å². The Morgan fingerprint density at radius 3 is 2.52 bits per heavy atom. The Balaban J connectivity index is 2.00. The number of rotatable bonds is 5. The van der Waals surface area contributed by atoms with Crippen molar-refractivity contribution in [2.45, 2.75) is 23.2 Å². The quantitative estimate of drug-likeness (QED) is 0.856. The number of aliphatic hydroxyl groups excluding tert-OH is 1. The highest BCUT2D eigenvalue weighted by molar-refractivity contribution is 7.99. The smallest absolute Gasteiger partial charge is 0.257 e. The van der Waals surface area contributed by atoms with Gasteiger partial charge in [-0.05, 0) is 56.4 Å². The lowest BCUT2D eigenvalue weighted by Gasteiger charge is -2.26. The lowest BCUT2D eigenvalue weighted by molar-refractivity contribution is -0.126. The predicted octanol–water partition coefficient (Wildman–Crippen LogP) is 3.11. The summed E-state index contributed by atoms with van der Waals surface area (Å²) in [6.45, 7) is 3.28. The molecule has 5 nitrogen and oxygen atoms in total. The molecule has 1 amide bonds. The van der Waals surface area contributed by atoms with E-state index in [9.17, 15) is 9.90 Å². The van der Waals surface area contributed by atoms with E-state index in [4.69, 9.17) is 4.74 Å². The zero-order valence-corrected chi connectivity index (χ0v) is 17.0. The van der Waals surface area contributed by atoms with E-state index in [1.165, 1.54) is 11.8 Å². The largest absolute Gasteiger partial charge is 0.497 e. The molecule has 1 aliphatic heterocycles. The molecule has 27 heavy (non-hydrogen) atoms. The second-order valence-electron chi connectivity index (χ2n) is 7.02. The van der Waals surface area contributed by atoms with Gasteiger partial charge in [-0.1, -0.05) is 18.2 Å². The van der Waals surface area contributed by atoms with Crippen LogP contribution < -0.4 is 9.64 Å². The number of likely N-dealkylation sites (N-methyl/N-ethyl adjacent to an activating group) is 1. The first-order valence-electron chi connectivity index (χ1n) is 8.96. The van der Waals surface area contributed by atoms with Crippen molar-refractivity contribution >= 4 is 23.4 Å². The third kappa shape index (κ3) is 4.29. The fourth-order valence-corrected chi connectivity index (χ4v) is 4.37. The van der Waals surface area contributed by atoms with Gasteiger partial charge in [-0.3, -0.25) is 4.79 Å². The summed E-state index contributed by atoms with van der Waals surface area (Å²) in [6, 6.07) is 13.7. The van der Waals surface area contributed by atoms with Crippen LogP contribution in [0.3, 0.4) is 0 Å². The van der Waals surface area contributed by atoms with E-state index in [-0.39, 0.29) is 11.2 Å². The summed E-state index contributed by atoms with van der Waals surface area (Å²) in [5.74, 6) is 0.497. The van der Waals surface area contributed by atoms with Crippen LogP contribution in [-0.4, -0.2) is 56.3 Å². The second-order valence-corrected chi connectivity index (χ2v) is 8.20. The molecule has 3 rings (SSSR count). The average Bonchev–Trinajstić information content (AvgIpc) is 2.75. The van der Waals surface area contributed by atoms with E-state index in [1.54, 1.807) is 12.0 Å². The van der Waals surface area contributed by atoms with Crippen LogP contribution in [0.25, 0.3) is 0 Å². The molecule has 6 heteroatoms. The predicted molar refractivity (Wildman–Crippen MR) is 110 cm³/mol. The number of carbonyl (C=O) groups excluding carboxylic acids is 1. The number of hydrogen-bond donors (Lipinski definition) is 1. The molecule has 2 aromatic rings. The molecule has 0 aliphatic carbocycles. The van der Waals surface area contributed by atoms with Gasteiger partial charge < -0.3 is 19.6 Å². The van der Waals surface area contributed by atoms with Crippen molar-refractivity contribution in [2.75, 3.05) is 39.2 Å². The lowest BCUT2D eigenvalue weighted by Crippen LogP contribution is -2.43. The highest BCUT2D eigenvalue weighted by Gasteiger charge is 2.37. The van der Waals surface area contributed by atoms with Crippen molar-refractivity contribution in [3.8, 4) is 5.75 Å². The Morgan fingerprint density at radius 1 is 1.19 bits per heavy atom. The van der Waals surface area contributed by atoms with Gasteiger partial charge in [0.15, 0.2) is 0 Å². The molecule has 0 spiro atoms. The van der Waals surface area contributed by atoms with Gasteiger partial charge in [-0.25, -0.2) is 0 Å². The van der Waals surface area contributed by atoms with E-state index in [0.717, 1.165) is 34.0 Å². The van der Waals surface area contributed by atoms with Gasteiger partial charge in [0, 0.05) is 18.0 Å². The number of methoxy groups -OCH3 is 1. The first-order chi connectivity index (χ1) is 12.9. The van der Waals surface area contributed by atoms with E-state index < -0.39 is 6.10 Å². The molecule has 0 saturated carbocycles. The van der Waals surface area contributed by atoms with Crippen LogP contribution in [0.4, 0.5) is 5.69 Å². The van der Waals surface area contributed by atoms with Crippen molar-refractivity contribution in [3.63, 3.8) is 0 Å². The van der Waals surface area contributed by atoms with Crippen molar-refractivity contribution in [3.05, 3.63) is 53.6 Å².